The summed E-state index contributed by atoms with van der Waals surface area (Å²) < 4.78 is 110. The van der Waals surface area contributed by atoms with E-state index >= 15 is 26.3 Å². The van der Waals surface area contributed by atoms with Crippen LogP contribution in [0.15, 0.2) is 91.0 Å². The van der Waals surface area contributed by atoms with Crippen LogP contribution in [0.2, 0.25) is 0 Å². The molecule has 0 unspecified atom stereocenters. The largest absolute Gasteiger partial charge is 0.308 e. The highest BCUT2D eigenvalue weighted by molar-refractivity contribution is 7.86. The summed E-state index contributed by atoms with van der Waals surface area (Å²) in [5, 5.41) is -1.95. The fraction of sp³-hybridized carbons (Fsp3) is 0. The van der Waals surface area contributed by atoms with E-state index in [4.69, 9.17) is 0 Å². The number of rotatable bonds is 3. The number of benzene rings is 5. The molecule has 0 N–H and O–H groups in total. The van der Waals surface area contributed by atoms with Gasteiger partial charge in [0.25, 0.3) is 0 Å². The molecule has 0 radical (unpaired) electrons. The summed E-state index contributed by atoms with van der Waals surface area (Å²) in [7, 11) is -4.73. The van der Waals surface area contributed by atoms with E-state index in [-0.39, 0.29) is 16.4 Å². The maximum absolute atomic E-state index is 16.3. The Morgan fingerprint density at radius 3 is 1.08 bits per heavy atom. The average molecular weight is 536 g/mol. The molecule has 0 fully saturated rings. The zero-order valence-electron chi connectivity index (χ0n) is 19.3. The lowest BCUT2D eigenvalue weighted by molar-refractivity contribution is 0.495. The molecule has 0 atom stereocenters. The normalized spacial score (nSPS) is 13.3. The maximum Gasteiger partial charge on any atom is 0.178 e. The minimum absolute atomic E-state index is 0.0723. The molecule has 0 saturated carbocycles. The standard InChI is InChI=1S/C30H15F6OP/c31-23-19(16-10-4-1-5-11-16)27(35)29-21(25(23)33)22-26(34)24(32)20(17-12-6-2-7-13-17)28(36)30(22)38(29,37)18-14-8-3-9-15-18/h1-15H. The third-order valence-electron chi connectivity index (χ3n) is 6.72. The highest BCUT2D eigenvalue weighted by Crippen LogP contribution is 2.57. The van der Waals surface area contributed by atoms with Gasteiger partial charge in [-0.1, -0.05) is 91.0 Å². The summed E-state index contributed by atoms with van der Waals surface area (Å²) in [5.41, 5.74) is -3.99. The van der Waals surface area contributed by atoms with E-state index in [1.165, 1.54) is 72.8 Å². The van der Waals surface area contributed by atoms with Crippen molar-refractivity contribution in [2.75, 3.05) is 0 Å². The molecule has 188 valence electrons. The molecule has 1 heterocycles. The molecule has 0 bridgehead atoms. The van der Waals surface area contributed by atoms with Crippen molar-refractivity contribution in [1.29, 1.82) is 0 Å². The van der Waals surface area contributed by atoms with Gasteiger partial charge in [-0.15, -0.1) is 0 Å². The minimum atomic E-state index is -4.73. The highest BCUT2D eigenvalue weighted by Gasteiger charge is 2.51. The number of halogens is 6. The lowest BCUT2D eigenvalue weighted by Gasteiger charge is -2.19. The predicted molar refractivity (Wildman–Crippen MR) is 135 cm³/mol. The number of fused-ring (bicyclic) bond motifs is 3. The fourth-order valence-corrected chi connectivity index (χ4v) is 8.23. The van der Waals surface area contributed by atoms with E-state index in [1.54, 1.807) is 18.2 Å². The van der Waals surface area contributed by atoms with Crippen molar-refractivity contribution >= 4 is 23.1 Å². The smallest absolute Gasteiger partial charge is 0.178 e. The van der Waals surface area contributed by atoms with Crippen molar-refractivity contribution in [2.45, 2.75) is 0 Å². The van der Waals surface area contributed by atoms with Gasteiger partial charge in [-0.3, -0.25) is 0 Å². The van der Waals surface area contributed by atoms with Crippen LogP contribution in [0.25, 0.3) is 33.4 Å². The molecule has 0 amide bonds. The molecule has 6 rings (SSSR count). The van der Waals surface area contributed by atoms with Gasteiger partial charge >= 0.3 is 0 Å². The Balaban J connectivity index is 1.83. The molecule has 1 nitrogen and oxygen atoms in total. The first-order chi connectivity index (χ1) is 18.3. The molecule has 8 heteroatoms. The summed E-state index contributed by atoms with van der Waals surface area (Å²) >= 11 is 0. The number of hydrogen-bond donors (Lipinski definition) is 0. The van der Waals surface area contributed by atoms with Crippen LogP contribution >= 0.6 is 7.14 Å². The molecule has 5 aromatic carbocycles. The minimum Gasteiger partial charge on any atom is -0.308 e. The predicted octanol–water partition coefficient (Wildman–Crippen LogP) is 7.48. The van der Waals surface area contributed by atoms with Crippen molar-refractivity contribution in [2.24, 2.45) is 0 Å². The first-order valence-electron chi connectivity index (χ1n) is 11.5. The third-order valence-corrected chi connectivity index (χ3v) is 9.84. The van der Waals surface area contributed by atoms with Gasteiger partial charge in [0.15, 0.2) is 30.4 Å². The zero-order valence-corrected chi connectivity index (χ0v) is 20.2. The van der Waals surface area contributed by atoms with Crippen LogP contribution in [0.5, 0.6) is 0 Å². The Labute approximate surface area is 213 Å². The van der Waals surface area contributed by atoms with Gasteiger partial charge in [-0.05, 0) is 11.1 Å². The monoisotopic (exact) mass is 536 g/mol. The van der Waals surface area contributed by atoms with E-state index in [2.05, 4.69) is 0 Å². The molecule has 0 saturated heterocycles. The summed E-state index contributed by atoms with van der Waals surface area (Å²) in [5.74, 6) is -9.75. The van der Waals surface area contributed by atoms with E-state index < -0.39 is 74.9 Å². The SMILES string of the molecule is O=P1(c2ccccc2)c2c(F)c(-c3ccccc3)c(F)c(F)c2-c2c(F)c(F)c(-c3ccccc3)c(F)c21. The van der Waals surface area contributed by atoms with Crippen LogP contribution in [0.3, 0.4) is 0 Å². The van der Waals surface area contributed by atoms with E-state index in [1.807, 2.05) is 0 Å². The Kier molecular flexibility index (Phi) is 5.58. The van der Waals surface area contributed by atoms with Crippen molar-refractivity contribution < 1.29 is 30.9 Å². The van der Waals surface area contributed by atoms with Crippen LogP contribution in [0, 0.1) is 34.9 Å². The molecule has 0 aromatic heterocycles. The van der Waals surface area contributed by atoms with Crippen LogP contribution in [-0.4, -0.2) is 0 Å². The number of hydrogen-bond acceptors (Lipinski definition) is 1. The Bertz CT molecular complexity index is 1680. The van der Waals surface area contributed by atoms with Gasteiger partial charge in [0, 0.05) is 16.4 Å². The highest BCUT2D eigenvalue weighted by atomic mass is 31.2. The van der Waals surface area contributed by atoms with Gasteiger partial charge in [0.2, 0.25) is 0 Å². The van der Waals surface area contributed by atoms with E-state index in [0.717, 1.165) is 0 Å². The molecule has 1 aliphatic heterocycles. The molecule has 38 heavy (non-hydrogen) atoms. The second-order valence-corrected chi connectivity index (χ2v) is 11.4. The van der Waals surface area contributed by atoms with Gasteiger partial charge in [-0.25, -0.2) is 26.3 Å². The molecule has 5 aromatic rings. The summed E-state index contributed by atoms with van der Waals surface area (Å²) in [6.45, 7) is 0. The summed E-state index contributed by atoms with van der Waals surface area (Å²) in [4.78, 5) is 0. The van der Waals surface area contributed by atoms with Crippen LogP contribution in [0.1, 0.15) is 0 Å². The Morgan fingerprint density at radius 2 is 0.711 bits per heavy atom. The zero-order chi connectivity index (χ0) is 26.8. The van der Waals surface area contributed by atoms with Gasteiger partial charge < -0.3 is 4.57 Å². The molecular formula is C30H15F6OP. The average Bonchev–Trinajstić information content (AvgIpc) is 3.23. The van der Waals surface area contributed by atoms with Crippen molar-refractivity contribution in [3.8, 4) is 33.4 Å². The quantitative estimate of drug-likeness (QED) is 0.130. The van der Waals surface area contributed by atoms with Gasteiger partial charge in [0.05, 0.1) is 21.7 Å². The van der Waals surface area contributed by atoms with E-state index in [0.29, 0.717) is 0 Å². The molecule has 0 aliphatic carbocycles. The van der Waals surface area contributed by atoms with Crippen molar-refractivity contribution in [3.05, 3.63) is 126 Å². The van der Waals surface area contributed by atoms with Gasteiger partial charge in [-0.2, -0.15) is 0 Å². The van der Waals surface area contributed by atoms with E-state index in [9.17, 15) is 4.57 Å². The van der Waals surface area contributed by atoms with Crippen molar-refractivity contribution in [3.63, 3.8) is 0 Å². The summed E-state index contributed by atoms with van der Waals surface area (Å²) in [6, 6.07) is 21.3. The van der Waals surface area contributed by atoms with Crippen LogP contribution in [0.4, 0.5) is 26.3 Å². The second-order valence-electron chi connectivity index (χ2n) is 8.76. The first-order valence-corrected chi connectivity index (χ1v) is 13.2. The van der Waals surface area contributed by atoms with Gasteiger partial charge in [0.1, 0.15) is 11.6 Å². The second kappa shape index (κ2) is 8.74. The van der Waals surface area contributed by atoms with Crippen LogP contribution < -0.4 is 15.9 Å². The first kappa shape index (κ1) is 24.3. The van der Waals surface area contributed by atoms with Crippen LogP contribution in [-0.2, 0) is 4.57 Å². The Morgan fingerprint density at radius 1 is 0.395 bits per heavy atom. The fourth-order valence-electron chi connectivity index (χ4n) is 5.07. The topological polar surface area (TPSA) is 17.1 Å². The third kappa shape index (κ3) is 3.18. The summed E-state index contributed by atoms with van der Waals surface area (Å²) in [6.07, 6.45) is 0. The Hall–Kier alpha value is -4.09. The van der Waals surface area contributed by atoms with Crippen molar-refractivity contribution in [1.82, 2.24) is 0 Å². The maximum atomic E-state index is 16.3. The molecular weight excluding hydrogens is 521 g/mol. The molecule has 1 aliphatic rings. The molecule has 0 spiro atoms. The lowest BCUT2D eigenvalue weighted by Crippen LogP contribution is -2.26. The lowest BCUT2D eigenvalue weighted by atomic mass is 9.95.